The lowest BCUT2D eigenvalue weighted by atomic mass is 10.1. The van der Waals surface area contributed by atoms with Gasteiger partial charge in [-0.05, 0) is 37.0 Å². The molecule has 118 valence electrons. The van der Waals surface area contributed by atoms with Gasteiger partial charge in [0.15, 0.2) is 0 Å². The van der Waals surface area contributed by atoms with Crippen LogP contribution >= 0.6 is 0 Å². The minimum Gasteiger partial charge on any atom is -0.377 e. The third-order valence-electron chi connectivity index (χ3n) is 3.65. The number of likely N-dealkylation sites (N-methyl/N-ethyl adjacent to an activating group) is 1. The number of hydrogen-bond donors (Lipinski definition) is 1. The Balaban J connectivity index is 2.20. The molecule has 1 aromatic rings. The van der Waals surface area contributed by atoms with E-state index in [1.165, 1.54) is 19.2 Å². The van der Waals surface area contributed by atoms with Gasteiger partial charge < -0.3 is 10.5 Å². The van der Waals surface area contributed by atoms with E-state index in [1.807, 2.05) is 0 Å². The Bertz CT molecular complexity index is 586. The summed E-state index contributed by atoms with van der Waals surface area (Å²) < 4.78 is 45.5. The fraction of sp³-hybridized carbons (Fsp3) is 0.571. The minimum atomic E-state index is -3.88. The van der Waals surface area contributed by atoms with Crippen LogP contribution < -0.4 is 5.73 Å². The number of sulfonamides is 1. The van der Waals surface area contributed by atoms with Crippen LogP contribution in [0.4, 0.5) is 4.39 Å². The molecule has 1 unspecified atom stereocenters. The number of rotatable bonds is 5. The van der Waals surface area contributed by atoms with Crippen molar-refractivity contribution in [1.29, 1.82) is 0 Å². The van der Waals surface area contributed by atoms with Crippen molar-refractivity contribution in [3.63, 3.8) is 0 Å². The smallest absolute Gasteiger partial charge is 0.245 e. The highest BCUT2D eigenvalue weighted by molar-refractivity contribution is 7.89. The van der Waals surface area contributed by atoms with Crippen LogP contribution in [0, 0.1) is 5.82 Å². The van der Waals surface area contributed by atoms with Gasteiger partial charge in [-0.25, -0.2) is 12.8 Å². The number of nitrogens with two attached hydrogens (primary N) is 1. The maximum absolute atomic E-state index is 13.9. The van der Waals surface area contributed by atoms with Crippen molar-refractivity contribution in [2.75, 3.05) is 20.2 Å². The van der Waals surface area contributed by atoms with Gasteiger partial charge in [0.1, 0.15) is 10.7 Å². The lowest BCUT2D eigenvalue weighted by Crippen LogP contribution is -2.37. The summed E-state index contributed by atoms with van der Waals surface area (Å²) in [6, 6.07) is 3.92. The number of nitrogens with zero attached hydrogens (tertiary/aromatic N) is 1. The van der Waals surface area contributed by atoms with Crippen LogP contribution in [0.15, 0.2) is 23.1 Å². The molecular weight excluding hydrogens is 295 g/mol. The summed E-state index contributed by atoms with van der Waals surface area (Å²) in [5, 5.41) is 0. The average Bonchev–Trinajstić information content (AvgIpc) is 2.48. The van der Waals surface area contributed by atoms with Crippen molar-refractivity contribution < 1.29 is 17.5 Å². The summed E-state index contributed by atoms with van der Waals surface area (Å²) in [5.41, 5.74) is 6.07. The van der Waals surface area contributed by atoms with Crippen LogP contribution in [0.25, 0.3) is 0 Å². The second-order valence-corrected chi connectivity index (χ2v) is 7.26. The summed E-state index contributed by atoms with van der Waals surface area (Å²) in [4.78, 5) is -0.330. The quantitative estimate of drug-likeness (QED) is 0.893. The van der Waals surface area contributed by atoms with E-state index in [0.29, 0.717) is 12.2 Å². The van der Waals surface area contributed by atoms with E-state index in [2.05, 4.69) is 0 Å². The maximum Gasteiger partial charge on any atom is 0.245 e. The molecule has 0 aromatic heterocycles. The van der Waals surface area contributed by atoms with Gasteiger partial charge in [-0.1, -0.05) is 6.07 Å². The van der Waals surface area contributed by atoms with Crippen LogP contribution in [0.3, 0.4) is 0 Å². The Morgan fingerprint density at radius 3 is 2.81 bits per heavy atom. The van der Waals surface area contributed by atoms with E-state index in [9.17, 15) is 12.8 Å². The lowest BCUT2D eigenvalue weighted by Gasteiger charge is -2.27. The van der Waals surface area contributed by atoms with Crippen molar-refractivity contribution >= 4 is 10.0 Å². The maximum atomic E-state index is 13.9. The summed E-state index contributed by atoms with van der Waals surface area (Å²) >= 11 is 0. The van der Waals surface area contributed by atoms with Gasteiger partial charge in [0.2, 0.25) is 10.0 Å². The molecule has 0 radical (unpaired) electrons. The second kappa shape index (κ2) is 6.83. The van der Waals surface area contributed by atoms with Crippen molar-refractivity contribution in [3.8, 4) is 0 Å². The van der Waals surface area contributed by atoms with Gasteiger partial charge >= 0.3 is 0 Å². The predicted molar refractivity (Wildman–Crippen MR) is 77.7 cm³/mol. The standard InChI is InChI=1S/C14H21FN2O3S/c1-17(10-12-4-2-3-7-20-12)21(18,19)14-8-11(9-16)5-6-13(14)15/h5-6,8,12H,2-4,7,9-10,16H2,1H3. The molecule has 21 heavy (non-hydrogen) atoms. The first kappa shape index (κ1) is 16.4. The van der Waals surface area contributed by atoms with Crippen molar-refractivity contribution in [3.05, 3.63) is 29.6 Å². The molecule has 1 atom stereocenters. The van der Waals surface area contributed by atoms with E-state index < -0.39 is 15.8 Å². The van der Waals surface area contributed by atoms with E-state index in [4.69, 9.17) is 10.5 Å². The molecule has 1 aliphatic heterocycles. The van der Waals surface area contributed by atoms with Crippen molar-refractivity contribution in [2.45, 2.75) is 36.8 Å². The Kier molecular flexibility index (Phi) is 5.32. The van der Waals surface area contributed by atoms with E-state index in [1.54, 1.807) is 0 Å². The normalized spacial score (nSPS) is 19.9. The average molecular weight is 316 g/mol. The summed E-state index contributed by atoms with van der Waals surface area (Å²) in [7, 11) is -2.43. The van der Waals surface area contributed by atoms with Gasteiger partial charge in [-0.15, -0.1) is 0 Å². The Hall–Kier alpha value is -1.02. The molecule has 1 saturated heterocycles. The van der Waals surface area contributed by atoms with E-state index in [0.717, 1.165) is 29.6 Å². The van der Waals surface area contributed by atoms with Crippen LogP contribution in [-0.4, -0.2) is 39.0 Å². The molecule has 1 heterocycles. The molecule has 0 bridgehead atoms. The predicted octanol–water partition coefficient (Wildman–Crippen LogP) is 1.47. The molecule has 0 aliphatic carbocycles. The third kappa shape index (κ3) is 3.79. The van der Waals surface area contributed by atoms with Gasteiger partial charge in [0.25, 0.3) is 0 Å². The highest BCUT2D eigenvalue weighted by Crippen LogP contribution is 2.22. The Morgan fingerprint density at radius 1 is 1.43 bits per heavy atom. The van der Waals surface area contributed by atoms with Crippen LogP contribution in [0.2, 0.25) is 0 Å². The number of ether oxygens (including phenoxy) is 1. The summed E-state index contributed by atoms with van der Waals surface area (Å²) in [6.07, 6.45) is 2.72. The highest BCUT2D eigenvalue weighted by atomic mass is 32.2. The minimum absolute atomic E-state index is 0.126. The van der Waals surface area contributed by atoms with Crippen LogP contribution in [0.5, 0.6) is 0 Å². The van der Waals surface area contributed by atoms with Gasteiger partial charge in [-0.2, -0.15) is 4.31 Å². The molecule has 1 aromatic carbocycles. The monoisotopic (exact) mass is 316 g/mol. The molecule has 2 N–H and O–H groups in total. The fourth-order valence-corrected chi connectivity index (χ4v) is 3.69. The zero-order valence-electron chi connectivity index (χ0n) is 12.1. The first-order valence-corrected chi connectivity index (χ1v) is 8.45. The Labute approximate surface area is 124 Å². The SMILES string of the molecule is CN(CC1CCCCO1)S(=O)(=O)c1cc(CN)ccc1F. The molecule has 1 fully saturated rings. The van der Waals surface area contributed by atoms with Gasteiger partial charge in [0.05, 0.1) is 6.10 Å². The number of halogens is 1. The first-order chi connectivity index (χ1) is 9.95. The summed E-state index contributed by atoms with van der Waals surface area (Å²) in [6.45, 7) is 1.04. The van der Waals surface area contributed by atoms with E-state index in [-0.39, 0.29) is 24.1 Å². The second-order valence-electron chi connectivity index (χ2n) is 5.24. The van der Waals surface area contributed by atoms with Crippen molar-refractivity contribution in [1.82, 2.24) is 4.31 Å². The number of benzene rings is 1. The molecule has 1 aliphatic rings. The van der Waals surface area contributed by atoms with Gasteiger partial charge in [-0.3, -0.25) is 0 Å². The Morgan fingerprint density at radius 2 is 2.19 bits per heavy atom. The first-order valence-electron chi connectivity index (χ1n) is 7.01. The zero-order chi connectivity index (χ0) is 15.5. The molecule has 5 nitrogen and oxygen atoms in total. The number of hydrogen-bond acceptors (Lipinski definition) is 4. The fourth-order valence-electron chi connectivity index (χ4n) is 2.38. The molecule has 0 amide bonds. The molecular formula is C14H21FN2O3S. The highest BCUT2D eigenvalue weighted by Gasteiger charge is 2.27. The molecule has 7 heteroatoms. The topological polar surface area (TPSA) is 72.6 Å². The van der Waals surface area contributed by atoms with Crippen LogP contribution in [-0.2, 0) is 21.3 Å². The molecule has 2 rings (SSSR count). The van der Waals surface area contributed by atoms with E-state index >= 15 is 0 Å². The lowest BCUT2D eigenvalue weighted by molar-refractivity contribution is 0.00856. The third-order valence-corrected chi connectivity index (χ3v) is 5.49. The van der Waals surface area contributed by atoms with Gasteiger partial charge in [0, 0.05) is 26.7 Å². The largest absolute Gasteiger partial charge is 0.377 e. The zero-order valence-corrected chi connectivity index (χ0v) is 12.9. The van der Waals surface area contributed by atoms with Crippen molar-refractivity contribution in [2.24, 2.45) is 5.73 Å². The molecule has 0 spiro atoms. The molecule has 0 saturated carbocycles. The van der Waals surface area contributed by atoms with Crippen LogP contribution in [0.1, 0.15) is 24.8 Å². The summed E-state index contributed by atoms with van der Waals surface area (Å²) in [5.74, 6) is -0.761.